The van der Waals surface area contributed by atoms with Crippen LogP contribution in [0, 0.1) is 5.41 Å². The highest BCUT2D eigenvalue weighted by atomic mass is 16.2. The Morgan fingerprint density at radius 3 is 2.09 bits per heavy atom. The van der Waals surface area contributed by atoms with Gasteiger partial charge in [0.05, 0.1) is 11.0 Å². The average Bonchev–Trinajstić information content (AvgIpc) is 3.44. The number of unbranched alkanes of at least 4 members (excludes halogenated alkanes) is 2. The molecule has 0 bridgehead atoms. The van der Waals surface area contributed by atoms with Crippen LogP contribution in [0.2, 0.25) is 0 Å². The van der Waals surface area contributed by atoms with Gasteiger partial charge in [0.25, 0.3) is 5.91 Å². The minimum Gasteiger partial charge on any atom is -0.384 e. The number of benzene rings is 3. The summed E-state index contributed by atoms with van der Waals surface area (Å²) in [6.45, 7) is 10.4. The van der Waals surface area contributed by atoms with Crippen molar-refractivity contribution in [3.8, 4) is 0 Å². The van der Waals surface area contributed by atoms with Gasteiger partial charge in [-0.25, -0.2) is 4.98 Å². The summed E-state index contributed by atoms with van der Waals surface area (Å²) < 4.78 is 2.36. The van der Waals surface area contributed by atoms with E-state index in [2.05, 4.69) is 53.6 Å². The lowest BCUT2D eigenvalue weighted by molar-refractivity contribution is 0.0758. The maximum absolute atomic E-state index is 13.7. The predicted molar refractivity (Wildman–Crippen MR) is 195 cm³/mol. The first-order valence-corrected chi connectivity index (χ1v) is 17.6. The molecular formula is C39H55N7O. The Morgan fingerprint density at radius 1 is 0.766 bits per heavy atom. The number of nitrogens with one attached hydrogen (secondary N) is 1. The Labute approximate surface area is 281 Å². The Morgan fingerprint density at radius 2 is 1.43 bits per heavy atom. The van der Waals surface area contributed by atoms with Gasteiger partial charge in [-0.15, -0.1) is 0 Å². The van der Waals surface area contributed by atoms with Crippen molar-refractivity contribution in [2.75, 3.05) is 39.3 Å². The summed E-state index contributed by atoms with van der Waals surface area (Å²) >= 11 is 0. The Hall–Kier alpha value is -4.01. The predicted octanol–water partition coefficient (Wildman–Crippen LogP) is 6.43. The van der Waals surface area contributed by atoms with Crippen LogP contribution in [0.4, 0.5) is 0 Å². The molecule has 0 atom stereocenters. The summed E-state index contributed by atoms with van der Waals surface area (Å²) in [5.41, 5.74) is 17.4. The Bertz CT molecular complexity index is 1520. The maximum atomic E-state index is 13.7. The number of carbonyl (C=O) groups excluding carboxylic acids is 1. The molecule has 0 aliphatic rings. The third-order valence-electron chi connectivity index (χ3n) is 8.91. The molecule has 3 aromatic carbocycles. The van der Waals surface area contributed by atoms with Crippen LogP contribution in [0.25, 0.3) is 11.0 Å². The molecule has 4 rings (SSSR count). The van der Waals surface area contributed by atoms with E-state index < -0.39 is 0 Å². The zero-order valence-electron chi connectivity index (χ0n) is 28.6. The molecule has 8 heteroatoms. The summed E-state index contributed by atoms with van der Waals surface area (Å²) in [6.07, 6.45) is 9.36. The number of nitrogen functional groups attached to an aromatic ring is 1. The van der Waals surface area contributed by atoms with Crippen LogP contribution in [0.3, 0.4) is 0 Å². The van der Waals surface area contributed by atoms with E-state index in [4.69, 9.17) is 21.9 Å². The molecule has 1 amide bonds. The zero-order valence-corrected chi connectivity index (χ0v) is 28.6. The fourth-order valence-electron chi connectivity index (χ4n) is 6.18. The molecule has 0 unspecified atom stereocenters. The highest BCUT2D eigenvalue weighted by molar-refractivity contribution is 5.97. The summed E-state index contributed by atoms with van der Waals surface area (Å²) in [6, 6.07) is 24.3. The smallest absolute Gasteiger partial charge is 0.253 e. The quantitative estimate of drug-likeness (QED) is 0.0719. The van der Waals surface area contributed by atoms with Gasteiger partial charge in [0.15, 0.2) is 0 Å². The third-order valence-corrected chi connectivity index (χ3v) is 8.91. The van der Waals surface area contributed by atoms with E-state index in [0.29, 0.717) is 25.2 Å². The van der Waals surface area contributed by atoms with Gasteiger partial charge in [0, 0.05) is 43.7 Å². The summed E-state index contributed by atoms with van der Waals surface area (Å²) in [5, 5.41) is 7.70. The molecule has 0 saturated heterocycles. The largest absolute Gasteiger partial charge is 0.384 e. The maximum Gasteiger partial charge on any atom is 0.253 e. The van der Waals surface area contributed by atoms with E-state index in [-0.39, 0.29) is 11.7 Å². The number of hydrogen-bond acceptors (Lipinski definition) is 5. The number of aromatic nitrogens is 2. The molecule has 1 heterocycles. The first kappa shape index (κ1) is 35.8. The minimum atomic E-state index is 0.00885. The second-order valence-corrected chi connectivity index (χ2v) is 12.6. The number of carbonyl (C=O) groups is 1. The molecule has 47 heavy (non-hydrogen) atoms. The lowest BCUT2D eigenvalue weighted by Gasteiger charge is -2.22. The highest BCUT2D eigenvalue weighted by Gasteiger charge is 2.18. The normalized spacial score (nSPS) is 11.4. The summed E-state index contributed by atoms with van der Waals surface area (Å²) in [5.74, 6) is 1.13. The van der Waals surface area contributed by atoms with Crippen molar-refractivity contribution in [2.24, 2.45) is 11.5 Å². The van der Waals surface area contributed by atoms with Gasteiger partial charge in [-0.05, 0) is 87.5 Å². The molecule has 0 aliphatic carbocycles. The summed E-state index contributed by atoms with van der Waals surface area (Å²) in [7, 11) is 0. The van der Waals surface area contributed by atoms with Gasteiger partial charge in [-0.2, -0.15) is 0 Å². The van der Waals surface area contributed by atoms with Gasteiger partial charge >= 0.3 is 0 Å². The number of amidine groups is 1. The second-order valence-electron chi connectivity index (χ2n) is 12.6. The minimum absolute atomic E-state index is 0.00885. The van der Waals surface area contributed by atoms with Gasteiger partial charge in [0.2, 0.25) is 0 Å². The fourth-order valence-corrected chi connectivity index (χ4v) is 6.18. The number of amides is 1. The van der Waals surface area contributed by atoms with Crippen LogP contribution in [0.5, 0.6) is 0 Å². The molecule has 4 aromatic rings. The number of nitrogens with zero attached hydrogens (tertiary/aromatic N) is 4. The Kier molecular flexibility index (Phi) is 14.5. The van der Waals surface area contributed by atoms with Crippen LogP contribution in [0.1, 0.15) is 85.2 Å². The topological polar surface area (TPSA) is 117 Å². The first-order chi connectivity index (χ1) is 22.9. The number of nitrogens with two attached hydrogens (primary N) is 2. The van der Waals surface area contributed by atoms with Crippen molar-refractivity contribution in [1.82, 2.24) is 19.4 Å². The van der Waals surface area contributed by atoms with E-state index in [9.17, 15) is 4.79 Å². The van der Waals surface area contributed by atoms with Crippen molar-refractivity contribution in [2.45, 2.75) is 78.2 Å². The van der Waals surface area contributed by atoms with E-state index in [1.165, 1.54) is 36.8 Å². The molecule has 8 nitrogen and oxygen atoms in total. The van der Waals surface area contributed by atoms with Gasteiger partial charge in [-0.1, -0.05) is 81.3 Å². The molecule has 1 aromatic heterocycles. The molecule has 0 aliphatic heterocycles. The number of fused-ring (bicyclic) bond motifs is 1. The van der Waals surface area contributed by atoms with Crippen LogP contribution in [0.15, 0.2) is 72.8 Å². The molecule has 0 saturated carbocycles. The zero-order chi connectivity index (χ0) is 33.4. The number of hydrogen-bond donors (Lipinski definition) is 3. The van der Waals surface area contributed by atoms with E-state index >= 15 is 0 Å². The number of rotatable bonds is 21. The fraction of sp³-hybridized carbons (Fsp3) is 0.462. The molecule has 0 radical (unpaired) electrons. The lowest BCUT2D eigenvalue weighted by atomic mass is 10.1. The van der Waals surface area contributed by atoms with E-state index in [0.717, 1.165) is 80.7 Å². The number of aryl methyl sites for hydroxylation is 4. The molecule has 0 fully saturated rings. The van der Waals surface area contributed by atoms with E-state index in [1.54, 1.807) is 0 Å². The van der Waals surface area contributed by atoms with Gasteiger partial charge in [0.1, 0.15) is 11.7 Å². The van der Waals surface area contributed by atoms with Crippen LogP contribution < -0.4 is 11.5 Å². The molecule has 0 spiro atoms. The second kappa shape index (κ2) is 19.0. The van der Waals surface area contributed by atoms with Crippen LogP contribution in [-0.4, -0.2) is 70.4 Å². The highest BCUT2D eigenvalue weighted by Crippen LogP contribution is 2.22. The molecular weight excluding hydrogens is 582 g/mol. The monoisotopic (exact) mass is 637 g/mol. The van der Waals surface area contributed by atoms with Crippen molar-refractivity contribution in [3.63, 3.8) is 0 Å². The Balaban J connectivity index is 1.53. The SMILES string of the molecule is CCCCN(CCCC)CCCn1c(CCc2ccc(C(=N)N)cc2)nc2cc(C(=O)N(CCN)CCCc3ccccc3)ccc21. The van der Waals surface area contributed by atoms with Crippen LogP contribution >= 0.6 is 0 Å². The average molecular weight is 638 g/mol. The third kappa shape index (κ3) is 10.8. The lowest BCUT2D eigenvalue weighted by Crippen LogP contribution is -2.36. The standard InChI is InChI=1S/C39H55N7O/c1-3-5-24-44(25-6-4-2)26-11-28-46-36-21-20-34(39(47)45(29-23-40)27-10-14-31-12-8-7-9-13-31)30-35(36)43-37(46)22-17-32-15-18-33(19-16-32)38(41)42/h7-9,12-13,15-16,18-21,30H,3-6,10-11,14,17,22-29,40H2,1-2H3,(H3,41,42). The number of imidazole rings is 1. The van der Waals surface area contributed by atoms with Gasteiger partial charge < -0.3 is 25.8 Å². The van der Waals surface area contributed by atoms with Crippen molar-refractivity contribution in [1.29, 1.82) is 5.41 Å². The van der Waals surface area contributed by atoms with Crippen LogP contribution in [-0.2, 0) is 25.8 Å². The van der Waals surface area contributed by atoms with E-state index in [1.807, 2.05) is 47.4 Å². The summed E-state index contributed by atoms with van der Waals surface area (Å²) in [4.78, 5) is 23.3. The molecule has 5 N–H and O–H groups in total. The van der Waals surface area contributed by atoms with Crippen molar-refractivity contribution in [3.05, 3.63) is 101 Å². The molecule has 252 valence electrons. The van der Waals surface area contributed by atoms with Gasteiger partial charge in [-0.3, -0.25) is 10.2 Å². The van der Waals surface area contributed by atoms with Crippen molar-refractivity contribution >= 4 is 22.8 Å². The first-order valence-electron chi connectivity index (χ1n) is 17.6. The van der Waals surface area contributed by atoms with Crippen molar-refractivity contribution < 1.29 is 4.79 Å².